The summed E-state index contributed by atoms with van der Waals surface area (Å²) in [6.07, 6.45) is 7.19. The van der Waals surface area contributed by atoms with Crippen molar-refractivity contribution in [3.8, 4) is 5.88 Å². The van der Waals surface area contributed by atoms with E-state index in [1.54, 1.807) is 7.11 Å². The molecule has 1 aromatic heterocycles. The minimum Gasteiger partial charge on any atom is -0.481 e. The maximum atomic E-state index is 12.9. The van der Waals surface area contributed by atoms with Gasteiger partial charge in [-0.25, -0.2) is 4.98 Å². The molecule has 1 aromatic rings. The van der Waals surface area contributed by atoms with Gasteiger partial charge in [0.05, 0.1) is 24.9 Å². The van der Waals surface area contributed by atoms with Crippen molar-refractivity contribution in [2.45, 2.75) is 76.6 Å². The number of fused-ring (bicyclic) bond motifs is 1. The summed E-state index contributed by atoms with van der Waals surface area (Å²) < 4.78 is 11.2. The minimum atomic E-state index is -0.787. The van der Waals surface area contributed by atoms with Gasteiger partial charge in [0, 0.05) is 24.8 Å². The lowest BCUT2D eigenvalue weighted by Crippen LogP contribution is -2.48. The molecule has 2 amide bonds. The Hall–Kier alpha value is -2.15. The molecular weight excluding hydrogens is 358 g/mol. The van der Waals surface area contributed by atoms with Crippen LogP contribution < -0.4 is 10.1 Å². The fourth-order valence-corrected chi connectivity index (χ4v) is 4.56. The molecule has 1 saturated carbocycles. The second-order valence-electron chi connectivity index (χ2n) is 8.24. The second kappa shape index (κ2) is 7.70. The van der Waals surface area contributed by atoms with Crippen LogP contribution in [0.5, 0.6) is 5.88 Å². The number of amides is 2. The monoisotopic (exact) mass is 387 g/mol. The highest BCUT2D eigenvalue weighted by Gasteiger charge is 2.37. The lowest BCUT2D eigenvalue weighted by Gasteiger charge is -2.32. The van der Waals surface area contributed by atoms with Crippen molar-refractivity contribution in [1.82, 2.24) is 15.2 Å². The standard InChI is InChI=1S/C21H29N3O4/c1-21(9-5-6-10-28-21)20(26)22-12-14-11-16-17(23-18(14)27-2)13-24(19(16)25)15-7-3-4-8-15/h11,15H,3-10,12-13H2,1-2H3,(H,22,26)/t21-/m1/s1. The van der Waals surface area contributed by atoms with Crippen molar-refractivity contribution in [2.75, 3.05) is 13.7 Å². The Bertz CT molecular complexity index is 767. The molecule has 0 spiro atoms. The van der Waals surface area contributed by atoms with Crippen molar-refractivity contribution in [3.63, 3.8) is 0 Å². The molecule has 2 fully saturated rings. The molecule has 1 N–H and O–H groups in total. The molecule has 7 heteroatoms. The molecule has 0 aromatic carbocycles. The van der Waals surface area contributed by atoms with Crippen molar-refractivity contribution in [1.29, 1.82) is 0 Å². The van der Waals surface area contributed by atoms with Gasteiger partial charge < -0.3 is 19.7 Å². The highest BCUT2D eigenvalue weighted by molar-refractivity contribution is 5.98. The van der Waals surface area contributed by atoms with Crippen molar-refractivity contribution < 1.29 is 19.1 Å². The van der Waals surface area contributed by atoms with Crippen molar-refractivity contribution >= 4 is 11.8 Å². The Labute approximate surface area is 165 Å². The molecule has 0 radical (unpaired) electrons. The number of rotatable bonds is 5. The van der Waals surface area contributed by atoms with Gasteiger partial charge in [-0.05, 0) is 45.1 Å². The van der Waals surface area contributed by atoms with Gasteiger partial charge in [0.1, 0.15) is 5.60 Å². The molecule has 0 unspecified atom stereocenters. The Morgan fingerprint density at radius 1 is 1.36 bits per heavy atom. The first-order valence-corrected chi connectivity index (χ1v) is 10.3. The highest BCUT2D eigenvalue weighted by atomic mass is 16.5. The van der Waals surface area contributed by atoms with E-state index < -0.39 is 5.60 Å². The second-order valence-corrected chi connectivity index (χ2v) is 8.24. The molecule has 3 heterocycles. The molecular formula is C21H29N3O4. The van der Waals surface area contributed by atoms with E-state index in [0.717, 1.165) is 36.9 Å². The van der Waals surface area contributed by atoms with E-state index in [4.69, 9.17) is 9.47 Å². The molecule has 3 aliphatic rings. The summed E-state index contributed by atoms with van der Waals surface area (Å²) in [7, 11) is 1.57. The molecule has 1 aliphatic carbocycles. The Morgan fingerprint density at radius 2 is 2.14 bits per heavy atom. The molecule has 7 nitrogen and oxygen atoms in total. The van der Waals surface area contributed by atoms with Gasteiger partial charge in [-0.1, -0.05) is 12.8 Å². The number of ether oxygens (including phenoxy) is 2. The van der Waals surface area contributed by atoms with Crippen LogP contribution >= 0.6 is 0 Å². The van der Waals surface area contributed by atoms with E-state index in [9.17, 15) is 9.59 Å². The van der Waals surface area contributed by atoms with Gasteiger partial charge in [-0.3, -0.25) is 9.59 Å². The van der Waals surface area contributed by atoms with E-state index in [1.807, 2.05) is 17.9 Å². The Balaban J connectivity index is 1.49. The van der Waals surface area contributed by atoms with E-state index in [-0.39, 0.29) is 18.4 Å². The minimum absolute atomic E-state index is 0.0483. The number of aromatic nitrogens is 1. The Morgan fingerprint density at radius 3 is 2.82 bits per heavy atom. The summed E-state index contributed by atoms with van der Waals surface area (Å²) in [4.78, 5) is 32.1. The largest absolute Gasteiger partial charge is 0.481 e. The first-order valence-electron chi connectivity index (χ1n) is 10.3. The zero-order valence-electron chi connectivity index (χ0n) is 16.8. The van der Waals surface area contributed by atoms with Crippen LogP contribution in [-0.4, -0.2) is 47.1 Å². The average molecular weight is 387 g/mol. The first-order chi connectivity index (χ1) is 13.5. The third-order valence-electron chi connectivity index (χ3n) is 6.30. The fourth-order valence-electron chi connectivity index (χ4n) is 4.56. The number of nitrogens with zero attached hydrogens (tertiary/aromatic N) is 2. The fraction of sp³-hybridized carbons (Fsp3) is 0.667. The van der Waals surface area contributed by atoms with E-state index in [1.165, 1.54) is 12.8 Å². The molecule has 2 aliphatic heterocycles. The zero-order valence-corrected chi connectivity index (χ0v) is 16.8. The predicted octanol–water partition coefficient (Wildman–Crippen LogP) is 2.56. The van der Waals surface area contributed by atoms with Crippen molar-refractivity contribution in [3.05, 3.63) is 22.9 Å². The van der Waals surface area contributed by atoms with Gasteiger partial charge >= 0.3 is 0 Å². The SMILES string of the molecule is COc1nc2c(cc1CNC(=O)[C@@]1(C)CCCCO1)C(=O)N(C1CCCC1)C2. The van der Waals surface area contributed by atoms with E-state index >= 15 is 0 Å². The highest BCUT2D eigenvalue weighted by Crippen LogP contribution is 2.33. The third-order valence-corrected chi connectivity index (χ3v) is 6.30. The van der Waals surface area contributed by atoms with Gasteiger partial charge in [0.2, 0.25) is 5.88 Å². The maximum Gasteiger partial charge on any atom is 0.256 e. The van der Waals surface area contributed by atoms with Gasteiger partial charge in [-0.2, -0.15) is 0 Å². The molecule has 28 heavy (non-hydrogen) atoms. The summed E-state index contributed by atoms with van der Waals surface area (Å²) in [5, 5.41) is 2.95. The summed E-state index contributed by atoms with van der Waals surface area (Å²) >= 11 is 0. The van der Waals surface area contributed by atoms with Crippen molar-refractivity contribution in [2.24, 2.45) is 0 Å². The number of hydrogen-bond donors (Lipinski definition) is 1. The normalized spacial score (nSPS) is 25.1. The lowest BCUT2D eigenvalue weighted by molar-refractivity contribution is -0.150. The van der Waals surface area contributed by atoms with Gasteiger partial charge in [0.25, 0.3) is 11.8 Å². The van der Waals surface area contributed by atoms with Crippen LogP contribution in [0.4, 0.5) is 0 Å². The van der Waals surface area contributed by atoms with Crippen LogP contribution in [0.3, 0.4) is 0 Å². The topological polar surface area (TPSA) is 80.8 Å². The van der Waals surface area contributed by atoms with Gasteiger partial charge in [0.15, 0.2) is 0 Å². The summed E-state index contributed by atoms with van der Waals surface area (Å²) in [5.74, 6) is 0.385. The number of carbonyl (C=O) groups excluding carboxylic acids is 2. The molecule has 152 valence electrons. The van der Waals surface area contributed by atoms with Crippen LogP contribution in [0.25, 0.3) is 0 Å². The number of carbonyl (C=O) groups is 2. The smallest absolute Gasteiger partial charge is 0.256 e. The van der Waals surface area contributed by atoms with Crippen LogP contribution in [0, 0.1) is 0 Å². The maximum absolute atomic E-state index is 12.9. The van der Waals surface area contributed by atoms with Crippen LogP contribution in [0.2, 0.25) is 0 Å². The summed E-state index contributed by atoms with van der Waals surface area (Å²) in [6.45, 7) is 3.26. The molecule has 1 saturated heterocycles. The Kier molecular flexibility index (Phi) is 5.27. The number of nitrogens with one attached hydrogen (secondary N) is 1. The summed E-state index contributed by atoms with van der Waals surface area (Å²) in [5.41, 5.74) is 1.34. The van der Waals surface area contributed by atoms with Crippen LogP contribution in [0.1, 0.15) is 73.5 Å². The predicted molar refractivity (Wildman–Crippen MR) is 103 cm³/mol. The number of methoxy groups -OCH3 is 1. The van der Waals surface area contributed by atoms with Gasteiger partial charge in [-0.15, -0.1) is 0 Å². The van der Waals surface area contributed by atoms with E-state index in [0.29, 0.717) is 37.1 Å². The zero-order chi connectivity index (χ0) is 19.7. The molecule has 0 bridgehead atoms. The third kappa shape index (κ3) is 3.48. The molecule has 4 rings (SSSR count). The van der Waals surface area contributed by atoms with Crippen LogP contribution in [-0.2, 0) is 22.6 Å². The summed E-state index contributed by atoms with van der Waals surface area (Å²) in [6, 6.07) is 2.15. The first kappa shape index (κ1) is 19.2. The number of pyridine rings is 1. The number of hydrogen-bond acceptors (Lipinski definition) is 5. The lowest BCUT2D eigenvalue weighted by atomic mass is 9.95. The average Bonchev–Trinajstić information content (AvgIpc) is 3.34. The molecule has 1 atom stereocenters. The van der Waals surface area contributed by atoms with Crippen LogP contribution in [0.15, 0.2) is 6.07 Å². The quantitative estimate of drug-likeness (QED) is 0.840. The van der Waals surface area contributed by atoms with E-state index in [2.05, 4.69) is 10.3 Å².